The lowest BCUT2D eigenvalue weighted by Crippen LogP contribution is -2.47. The fraction of sp³-hybridized carbons (Fsp3) is 0.194. The van der Waals surface area contributed by atoms with Gasteiger partial charge in [-0.1, -0.05) is 103 Å². The van der Waals surface area contributed by atoms with Gasteiger partial charge >= 0.3 is 0 Å². The molecule has 0 bridgehead atoms. The molecule has 5 nitrogen and oxygen atoms in total. The van der Waals surface area contributed by atoms with Crippen molar-refractivity contribution in [2.24, 2.45) is 0 Å². The number of hydrogen-bond donors (Lipinski definition) is 2. The summed E-state index contributed by atoms with van der Waals surface area (Å²) in [6.45, 7) is 4.35. The summed E-state index contributed by atoms with van der Waals surface area (Å²) >= 11 is 0. The van der Waals surface area contributed by atoms with Gasteiger partial charge in [-0.05, 0) is 52.1 Å². The number of anilines is 2. The zero-order valence-electron chi connectivity index (χ0n) is 23.1. The average molecular weight is 542 g/mol. The van der Waals surface area contributed by atoms with Gasteiger partial charge in [-0.15, -0.1) is 0 Å². The lowest BCUT2D eigenvalue weighted by molar-refractivity contribution is 0.102. The number of carbonyl (C=O) groups excluding carboxylic acids is 1. The van der Waals surface area contributed by atoms with Gasteiger partial charge in [-0.2, -0.15) is 0 Å². The first-order valence-electron chi connectivity index (χ1n) is 14.3. The fourth-order valence-corrected chi connectivity index (χ4v) is 5.69. The van der Waals surface area contributed by atoms with Crippen LogP contribution in [0.1, 0.15) is 28.4 Å². The third kappa shape index (κ3) is 6.17. The van der Waals surface area contributed by atoms with Crippen LogP contribution in [0.25, 0.3) is 21.9 Å². The first-order valence-corrected chi connectivity index (χ1v) is 14.3. The van der Waals surface area contributed by atoms with Crippen LogP contribution >= 0.6 is 0 Å². The normalized spacial score (nSPS) is 14.6. The van der Waals surface area contributed by atoms with Crippen LogP contribution in [0.2, 0.25) is 0 Å². The van der Waals surface area contributed by atoms with Crippen molar-refractivity contribution < 1.29 is 9.90 Å². The van der Waals surface area contributed by atoms with Gasteiger partial charge in [0.05, 0.1) is 17.5 Å². The molecule has 0 saturated carbocycles. The summed E-state index contributed by atoms with van der Waals surface area (Å²) in [4.78, 5) is 18.4. The predicted octanol–water partition coefficient (Wildman–Crippen LogP) is 7.00. The zero-order chi connectivity index (χ0) is 28.0. The molecular weight excluding hydrogens is 506 g/mol. The van der Waals surface area contributed by atoms with Gasteiger partial charge < -0.3 is 15.3 Å². The first-order chi connectivity index (χ1) is 20.2. The Balaban J connectivity index is 1.20. The molecule has 206 valence electrons. The van der Waals surface area contributed by atoms with Crippen molar-refractivity contribution in [2.45, 2.75) is 12.5 Å². The van der Waals surface area contributed by atoms with Gasteiger partial charge in [0.2, 0.25) is 0 Å². The van der Waals surface area contributed by atoms with Crippen molar-refractivity contribution in [2.75, 3.05) is 42.9 Å². The van der Waals surface area contributed by atoms with Crippen molar-refractivity contribution in [3.05, 3.63) is 132 Å². The zero-order valence-corrected chi connectivity index (χ0v) is 23.1. The van der Waals surface area contributed by atoms with Crippen LogP contribution in [0.5, 0.6) is 0 Å². The molecule has 6 rings (SSSR count). The Morgan fingerprint density at radius 1 is 0.732 bits per heavy atom. The van der Waals surface area contributed by atoms with Crippen LogP contribution in [-0.4, -0.2) is 48.6 Å². The van der Waals surface area contributed by atoms with Crippen molar-refractivity contribution in [1.29, 1.82) is 0 Å². The Hall–Kier alpha value is -4.45. The third-order valence-corrected chi connectivity index (χ3v) is 8.00. The molecule has 0 aliphatic carbocycles. The van der Waals surface area contributed by atoms with Gasteiger partial charge in [0, 0.05) is 38.3 Å². The molecule has 0 radical (unpaired) electrons. The maximum absolute atomic E-state index is 13.7. The van der Waals surface area contributed by atoms with E-state index in [1.807, 2.05) is 91.0 Å². The highest BCUT2D eigenvalue weighted by Gasteiger charge is 2.22. The molecule has 41 heavy (non-hydrogen) atoms. The van der Waals surface area contributed by atoms with Crippen LogP contribution in [0.15, 0.2) is 121 Å². The summed E-state index contributed by atoms with van der Waals surface area (Å²) in [6.07, 6.45) is 0.262. The molecule has 5 aromatic carbocycles. The number of carbonyl (C=O) groups is 1. The topological polar surface area (TPSA) is 55.8 Å². The molecule has 1 fully saturated rings. The van der Waals surface area contributed by atoms with E-state index in [1.165, 1.54) is 0 Å². The van der Waals surface area contributed by atoms with Crippen LogP contribution in [0.3, 0.4) is 0 Å². The van der Waals surface area contributed by atoms with Gasteiger partial charge in [0.25, 0.3) is 5.91 Å². The van der Waals surface area contributed by atoms with E-state index in [-0.39, 0.29) is 5.91 Å². The van der Waals surface area contributed by atoms with Gasteiger partial charge in [0.15, 0.2) is 0 Å². The van der Waals surface area contributed by atoms with E-state index < -0.39 is 6.10 Å². The van der Waals surface area contributed by atoms with Gasteiger partial charge in [-0.25, -0.2) is 0 Å². The van der Waals surface area contributed by atoms with Crippen molar-refractivity contribution >= 4 is 28.1 Å². The molecule has 1 heterocycles. The van der Waals surface area contributed by atoms with Crippen molar-refractivity contribution in [1.82, 2.24) is 4.90 Å². The number of hydrogen-bond acceptors (Lipinski definition) is 4. The van der Waals surface area contributed by atoms with E-state index in [4.69, 9.17) is 0 Å². The minimum absolute atomic E-state index is 0.109. The molecule has 0 aromatic heterocycles. The summed E-state index contributed by atoms with van der Waals surface area (Å²) in [6, 6.07) is 40.4. The van der Waals surface area contributed by atoms with Gasteiger partial charge in [-0.3, -0.25) is 9.69 Å². The van der Waals surface area contributed by atoms with E-state index in [0.29, 0.717) is 12.0 Å². The Labute approximate surface area is 241 Å². The molecule has 2 N–H and O–H groups in total. The molecule has 0 spiro atoms. The maximum Gasteiger partial charge on any atom is 0.256 e. The molecule has 1 atom stereocenters. The van der Waals surface area contributed by atoms with Crippen molar-refractivity contribution in [3.63, 3.8) is 0 Å². The number of benzene rings is 5. The molecule has 1 aliphatic heterocycles. The predicted molar refractivity (Wildman–Crippen MR) is 168 cm³/mol. The summed E-state index contributed by atoms with van der Waals surface area (Å²) in [5, 5.41) is 15.9. The molecule has 0 unspecified atom stereocenters. The summed E-state index contributed by atoms with van der Waals surface area (Å²) < 4.78 is 0. The highest BCUT2D eigenvalue weighted by molar-refractivity contribution is 6.14. The summed E-state index contributed by atoms with van der Waals surface area (Å²) in [5.74, 6) is -0.109. The molecule has 1 amide bonds. The van der Waals surface area contributed by atoms with Crippen LogP contribution < -0.4 is 10.2 Å². The largest absolute Gasteiger partial charge is 0.388 e. The summed E-state index contributed by atoms with van der Waals surface area (Å²) in [7, 11) is 0. The van der Waals surface area contributed by atoms with Crippen LogP contribution in [0, 0.1) is 0 Å². The third-order valence-electron chi connectivity index (χ3n) is 8.00. The Morgan fingerprint density at radius 3 is 2.20 bits per heavy atom. The molecule has 5 heteroatoms. The minimum atomic E-state index is -0.448. The Morgan fingerprint density at radius 2 is 1.41 bits per heavy atom. The number of amides is 1. The first kappa shape index (κ1) is 26.8. The second-order valence-corrected chi connectivity index (χ2v) is 10.6. The average Bonchev–Trinajstić information content (AvgIpc) is 3.04. The SMILES string of the molecule is O=C(Nc1cc(-c2ccccc2)ccc1N1CCN(CC[C@H](O)c2ccccc2)CC1)c1cccc2ccccc12. The van der Waals surface area contributed by atoms with Crippen molar-refractivity contribution in [3.8, 4) is 11.1 Å². The standard InChI is InChI=1S/C36H35N3O2/c40-35(29-13-5-2-6-14-29)20-21-38-22-24-39(25-23-38)34-19-18-30(27-10-3-1-4-11-27)26-33(34)37-36(41)32-17-9-15-28-12-7-8-16-31(28)32/h1-19,26,35,40H,20-25H2,(H,37,41)/t35-/m0/s1. The number of fused-ring (bicyclic) bond motifs is 1. The van der Waals surface area contributed by atoms with Gasteiger partial charge in [0.1, 0.15) is 0 Å². The lowest BCUT2D eigenvalue weighted by Gasteiger charge is -2.37. The molecule has 1 aliphatic rings. The second-order valence-electron chi connectivity index (χ2n) is 10.6. The smallest absolute Gasteiger partial charge is 0.256 e. The number of aliphatic hydroxyl groups is 1. The van der Waals surface area contributed by atoms with E-state index in [1.54, 1.807) is 0 Å². The van der Waals surface area contributed by atoms with Crippen LogP contribution in [-0.2, 0) is 0 Å². The maximum atomic E-state index is 13.7. The molecule has 1 saturated heterocycles. The molecular formula is C36H35N3O2. The second kappa shape index (κ2) is 12.4. The highest BCUT2D eigenvalue weighted by atomic mass is 16.3. The Kier molecular flexibility index (Phi) is 8.08. The Bertz CT molecular complexity index is 1610. The number of nitrogens with one attached hydrogen (secondary N) is 1. The van der Waals surface area contributed by atoms with E-state index in [9.17, 15) is 9.90 Å². The lowest BCUT2D eigenvalue weighted by atomic mass is 10.0. The number of rotatable bonds is 8. The number of aliphatic hydroxyl groups excluding tert-OH is 1. The fourth-order valence-electron chi connectivity index (χ4n) is 5.69. The van der Waals surface area contributed by atoms with E-state index in [2.05, 4.69) is 45.4 Å². The van der Waals surface area contributed by atoms with E-state index >= 15 is 0 Å². The highest BCUT2D eigenvalue weighted by Crippen LogP contribution is 2.33. The number of piperazine rings is 1. The van der Waals surface area contributed by atoms with E-state index in [0.717, 1.165) is 71.6 Å². The monoisotopic (exact) mass is 541 g/mol. The minimum Gasteiger partial charge on any atom is -0.388 e. The molecule has 5 aromatic rings. The quantitative estimate of drug-likeness (QED) is 0.222. The summed E-state index contributed by atoms with van der Waals surface area (Å²) in [5.41, 5.74) is 5.66. The number of nitrogens with zero attached hydrogens (tertiary/aromatic N) is 2. The van der Waals surface area contributed by atoms with Crippen LogP contribution in [0.4, 0.5) is 11.4 Å².